The summed E-state index contributed by atoms with van der Waals surface area (Å²) in [6.07, 6.45) is 0. The molecule has 0 aliphatic rings. The molecule has 0 heterocycles. The maximum Gasteiger partial charge on any atom is 0.316 e. The third kappa shape index (κ3) is 5.16. The fourth-order valence-corrected chi connectivity index (χ4v) is 3.90. The molecule has 0 atom stereocenters. The number of halogens is 3. The monoisotopic (exact) mass is 437 g/mol. The molecule has 0 bridgehead atoms. The van der Waals surface area contributed by atoms with E-state index in [4.69, 9.17) is 27.9 Å². The zero-order chi connectivity index (χ0) is 20.1. The lowest BCUT2D eigenvalue weighted by Crippen LogP contribution is -2.21. The number of thioether (sulfide) groups is 1. The van der Waals surface area contributed by atoms with Crippen LogP contribution in [0.5, 0.6) is 0 Å². The number of nitrogens with one attached hydrogen (secondary N) is 1. The van der Waals surface area contributed by atoms with Gasteiger partial charge in [-0.2, -0.15) is 0 Å². The number of anilines is 1. The summed E-state index contributed by atoms with van der Waals surface area (Å²) in [5, 5.41) is 4.82. The molecule has 0 unspecified atom stereocenters. The molecule has 4 nitrogen and oxygen atoms in total. The van der Waals surface area contributed by atoms with Crippen LogP contribution in [0.2, 0.25) is 10.0 Å². The van der Waals surface area contributed by atoms with Gasteiger partial charge in [-0.3, -0.25) is 9.59 Å². The number of fused-ring (bicyclic) bond motifs is 1. The van der Waals surface area contributed by atoms with E-state index in [2.05, 4.69) is 5.32 Å². The van der Waals surface area contributed by atoms with Gasteiger partial charge in [0.2, 0.25) is 0 Å². The van der Waals surface area contributed by atoms with Crippen molar-refractivity contribution in [3.8, 4) is 0 Å². The minimum Gasteiger partial charge on any atom is -0.455 e. The van der Waals surface area contributed by atoms with Crippen LogP contribution in [-0.4, -0.2) is 24.2 Å². The Morgan fingerprint density at radius 1 is 1.04 bits per heavy atom. The maximum atomic E-state index is 13.1. The highest BCUT2D eigenvalue weighted by atomic mass is 35.5. The first kappa shape index (κ1) is 20.5. The topological polar surface area (TPSA) is 55.4 Å². The molecule has 3 aromatic carbocycles. The quantitative estimate of drug-likeness (QED) is 0.405. The highest BCUT2D eigenvalue weighted by molar-refractivity contribution is 8.00. The highest BCUT2D eigenvalue weighted by Crippen LogP contribution is 2.33. The number of amides is 1. The summed E-state index contributed by atoms with van der Waals surface area (Å²) >= 11 is 13.2. The largest absolute Gasteiger partial charge is 0.455 e. The van der Waals surface area contributed by atoms with E-state index in [0.717, 1.165) is 21.7 Å². The number of carbonyl (C=O) groups is 2. The molecule has 8 heteroatoms. The van der Waals surface area contributed by atoms with E-state index in [0.29, 0.717) is 10.7 Å². The molecule has 28 heavy (non-hydrogen) atoms. The molecule has 0 saturated carbocycles. The molecule has 0 aromatic heterocycles. The summed E-state index contributed by atoms with van der Waals surface area (Å²) < 4.78 is 18.1. The number of rotatable bonds is 6. The molecule has 3 aromatic rings. The van der Waals surface area contributed by atoms with Crippen molar-refractivity contribution in [1.82, 2.24) is 0 Å². The van der Waals surface area contributed by atoms with Crippen molar-refractivity contribution >= 4 is 63.3 Å². The summed E-state index contributed by atoms with van der Waals surface area (Å²) in [5.41, 5.74) is 0.312. The molecule has 3 rings (SSSR count). The van der Waals surface area contributed by atoms with E-state index in [1.807, 2.05) is 30.3 Å². The van der Waals surface area contributed by atoms with Crippen LogP contribution in [0.3, 0.4) is 0 Å². The van der Waals surface area contributed by atoms with E-state index in [-0.39, 0.29) is 10.8 Å². The average molecular weight is 438 g/mol. The number of hydrogen-bond donors (Lipinski definition) is 1. The van der Waals surface area contributed by atoms with Gasteiger partial charge in [0.1, 0.15) is 5.82 Å². The second-order valence-electron chi connectivity index (χ2n) is 5.72. The number of benzene rings is 3. The van der Waals surface area contributed by atoms with Gasteiger partial charge in [0.15, 0.2) is 6.61 Å². The summed E-state index contributed by atoms with van der Waals surface area (Å²) in [6, 6.07) is 15.1. The molecule has 1 amide bonds. The van der Waals surface area contributed by atoms with E-state index < -0.39 is 24.3 Å². The van der Waals surface area contributed by atoms with Crippen LogP contribution in [-0.2, 0) is 14.3 Å². The van der Waals surface area contributed by atoms with Crippen molar-refractivity contribution in [2.45, 2.75) is 4.90 Å². The Bertz CT molecular complexity index is 1040. The number of ether oxygens (including phenoxy) is 1. The first-order valence-electron chi connectivity index (χ1n) is 8.14. The van der Waals surface area contributed by atoms with Crippen LogP contribution >= 0.6 is 35.0 Å². The molecular formula is C20H14Cl2FNO3S. The lowest BCUT2D eigenvalue weighted by Gasteiger charge is -2.09. The number of esters is 1. The van der Waals surface area contributed by atoms with Crippen molar-refractivity contribution in [3.05, 3.63) is 70.5 Å². The summed E-state index contributed by atoms with van der Waals surface area (Å²) in [6.45, 7) is -0.454. The molecule has 0 saturated heterocycles. The van der Waals surface area contributed by atoms with E-state index in [9.17, 15) is 14.0 Å². The molecule has 144 valence electrons. The fraction of sp³-hybridized carbons (Fsp3) is 0.100. The van der Waals surface area contributed by atoms with Gasteiger partial charge >= 0.3 is 5.97 Å². The van der Waals surface area contributed by atoms with E-state index in [1.165, 1.54) is 23.9 Å². The third-order valence-electron chi connectivity index (χ3n) is 3.73. The van der Waals surface area contributed by atoms with Crippen molar-refractivity contribution in [2.75, 3.05) is 17.7 Å². The van der Waals surface area contributed by atoms with Gasteiger partial charge < -0.3 is 10.1 Å². The molecular weight excluding hydrogens is 424 g/mol. The van der Waals surface area contributed by atoms with Gasteiger partial charge in [-0.05, 0) is 35.7 Å². The Kier molecular flexibility index (Phi) is 6.78. The number of hydrogen-bond acceptors (Lipinski definition) is 4. The Morgan fingerprint density at radius 3 is 2.54 bits per heavy atom. The van der Waals surface area contributed by atoms with E-state index in [1.54, 1.807) is 6.07 Å². The molecule has 0 aliphatic heterocycles. The standard InChI is InChI=1S/C20H14Cl2FNO3S/c21-14-5-1-3-12-4-2-6-17(20(12)14)28-11-19(26)27-10-18(25)24-13-7-8-16(23)15(22)9-13/h1-9H,10-11H2,(H,24,25). The van der Waals surface area contributed by atoms with Crippen LogP contribution in [0.1, 0.15) is 0 Å². The van der Waals surface area contributed by atoms with Crippen molar-refractivity contribution < 1.29 is 18.7 Å². The Labute approximate surface area is 175 Å². The van der Waals surface area contributed by atoms with Crippen LogP contribution < -0.4 is 5.32 Å². The second-order valence-corrected chi connectivity index (χ2v) is 7.55. The van der Waals surface area contributed by atoms with E-state index >= 15 is 0 Å². The first-order valence-corrected chi connectivity index (χ1v) is 9.89. The third-order valence-corrected chi connectivity index (χ3v) is 5.36. The summed E-state index contributed by atoms with van der Waals surface area (Å²) in [5.74, 6) is -1.65. The lowest BCUT2D eigenvalue weighted by atomic mass is 10.1. The highest BCUT2D eigenvalue weighted by Gasteiger charge is 2.12. The Hall–Kier alpha value is -2.28. The SMILES string of the molecule is O=C(COC(=O)CSc1cccc2cccc(Cl)c12)Nc1ccc(F)c(Cl)c1. The second kappa shape index (κ2) is 9.28. The number of carbonyl (C=O) groups excluding carboxylic acids is 2. The predicted octanol–water partition coefficient (Wildman–Crippen LogP) is 5.56. The van der Waals surface area contributed by atoms with Gasteiger partial charge in [0.25, 0.3) is 5.91 Å². The molecule has 0 spiro atoms. The lowest BCUT2D eigenvalue weighted by molar-refractivity contribution is -0.144. The van der Waals surface area contributed by atoms with Gasteiger partial charge in [0.05, 0.1) is 10.8 Å². The van der Waals surface area contributed by atoms with Crippen molar-refractivity contribution in [3.63, 3.8) is 0 Å². The average Bonchev–Trinajstić information content (AvgIpc) is 2.67. The van der Waals surface area contributed by atoms with Crippen LogP contribution in [0.15, 0.2) is 59.5 Å². The van der Waals surface area contributed by atoms with Crippen molar-refractivity contribution in [2.24, 2.45) is 0 Å². The van der Waals surface area contributed by atoms with Crippen LogP contribution in [0, 0.1) is 5.82 Å². The Morgan fingerprint density at radius 2 is 1.79 bits per heavy atom. The smallest absolute Gasteiger partial charge is 0.316 e. The van der Waals surface area contributed by atoms with Gasteiger partial charge in [0, 0.05) is 21.0 Å². The molecule has 0 aliphatic carbocycles. The normalized spacial score (nSPS) is 10.7. The minimum absolute atomic E-state index is 0.0278. The van der Waals surface area contributed by atoms with Crippen LogP contribution in [0.25, 0.3) is 10.8 Å². The fourth-order valence-electron chi connectivity index (χ4n) is 2.48. The van der Waals surface area contributed by atoms with Gasteiger partial charge in [-0.1, -0.05) is 47.5 Å². The summed E-state index contributed by atoms with van der Waals surface area (Å²) in [7, 11) is 0. The van der Waals surface area contributed by atoms with Crippen LogP contribution in [0.4, 0.5) is 10.1 Å². The maximum absolute atomic E-state index is 13.1. The zero-order valence-corrected chi connectivity index (χ0v) is 16.7. The van der Waals surface area contributed by atoms with Gasteiger partial charge in [-0.25, -0.2) is 4.39 Å². The van der Waals surface area contributed by atoms with Gasteiger partial charge in [-0.15, -0.1) is 11.8 Å². The first-order chi connectivity index (χ1) is 13.4. The Balaban J connectivity index is 1.52. The van der Waals surface area contributed by atoms with Crippen molar-refractivity contribution in [1.29, 1.82) is 0 Å². The molecule has 0 radical (unpaired) electrons. The minimum atomic E-state index is -0.586. The molecule has 0 fully saturated rings. The predicted molar refractivity (Wildman–Crippen MR) is 111 cm³/mol. The molecule has 1 N–H and O–H groups in total. The zero-order valence-electron chi connectivity index (χ0n) is 14.4. The summed E-state index contributed by atoms with van der Waals surface area (Å²) in [4.78, 5) is 24.7.